The van der Waals surface area contributed by atoms with E-state index in [1.807, 2.05) is 18.2 Å². The van der Waals surface area contributed by atoms with Crippen molar-refractivity contribution in [3.05, 3.63) is 258 Å². The first-order chi connectivity index (χ1) is 32.0. The van der Waals surface area contributed by atoms with Crippen LogP contribution < -0.4 is 0 Å². The van der Waals surface area contributed by atoms with Gasteiger partial charge in [0.1, 0.15) is 0 Å². The number of hydrogen-bond donors (Lipinski definition) is 0. The lowest BCUT2D eigenvalue weighted by molar-refractivity contribution is 0.565. The lowest BCUT2D eigenvalue weighted by atomic mass is 9.54. The van der Waals surface area contributed by atoms with Crippen LogP contribution in [0.25, 0.3) is 83.6 Å². The van der Waals surface area contributed by atoms with Crippen molar-refractivity contribution in [2.24, 2.45) is 0 Å². The van der Waals surface area contributed by atoms with E-state index in [-0.39, 0.29) is 5.41 Å². The van der Waals surface area contributed by atoms with Crippen molar-refractivity contribution in [2.75, 3.05) is 0 Å². The molecule has 0 aliphatic heterocycles. The molecule has 3 heteroatoms. The van der Waals surface area contributed by atoms with Gasteiger partial charge in [-0.15, -0.1) is 0 Å². The average molecular weight is 830 g/mol. The number of para-hydroxylation sites is 2. The van der Waals surface area contributed by atoms with E-state index in [0.717, 1.165) is 33.8 Å². The van der Waals surface area contributed by atoms with Crippen molar-refractivity contribution < 1.29 is 0 Å². The summed E-state index contributed by atoms with van der Waals surface area (Å²) in [6.07, 6.45) is 0. The van der Waals surface area contributed by atoms with Gasteiger partial charge in [0, 0.05) is 38.6 Å². The first kappa shape index (κ1) is 37.4. The molecule has 13 rings (SSSR count). The van der Waals surface area contributed by atoms with E-state index in [0.29, 0.717) is 5.82 Å². The van der Waals surface area contributed by atoms with Crippen LogP contribution >= 0.6 is 0 Å². The van der Waals surface area contributed by atoms with Gasteiger partial charge in [0.2, 0.25) is 0 Å². The molecule has 0 fully saturated rings. The monoisotopic (exact) mass is 829 g/mol. The molecule has 306 valence electrons. The van der Waals surface area contributed by atoms with Crippen molar-refractivity contribution in [3.8, 4) is 61.8 Å². The van der Waals surface area contributed by atoms with E-state index in [1.54, 1.807) is 0 Å². The Balaban J connectivity index is 0.932. The van der Waals surface area contributed by atoms with Gasteiger partial charge in [-0.2, -0.15) is 0 Å². The molecular weight excluding hydrogens is 787 g/mol. The third-order valence-electron chi connectivity index (χ3n) is 14.3. The van der Waals surface area contributed by atoms with E-state index >= 15 is 0 Å². The fourth-order valence-electron chi connectivity index (χ4n) is 11.5. The van der Waals surface area contributed by atoms with Crippen LogP contribution in [0.15, 0.2) is 224 Å². The summed E-state index contributed by atoms with van der Waals surface area (Å²) in [6.45, 7) is 4.82. The molecule has 2 aliphatic carbocycles. The molecule has 0 saturated carbocycles. The van der Waals surface area contributed by atoms with Crippen molar-refractivity contribution in [3.63, 3.8) is 0 Å². The van der Waals surface area contributed by atoms with Crippen molar-refractivity contribution in [2.45, 2.75) is 24.7 Å². The highest BCUT2D eigenvalue weighted by Gasteiger charge is 2.53. The van der Waals surface area contributed by atoms with Crippen LogP contribution in [0, 0.1) is 0 Å². The quantitative estimate of drug-likeness (QED) is 0.173. The van der Waals surface area contributed by atoms with Gasteiger partial charge in [-0.1, -0.05) is 208 Å². The van der Waals surface area contributed by atoms with Crippen LogP contribution in [0.5, 0.6) is 0 Å². The second kappa shape index (κ2) is 14.2. The molecule has 0 saturated heterocycles. The van der Waals surface area contributed by atoms with E-state index in [9.17, 15) is 0 Å². The highest BCUT2D eigenvalue weighted by Crippen LogP contribution is 2.63. The highest BCUT2D eigenvalue weighted by atomic mass is 15.0. The summed E-state index contributed by atoms with van der Waals surface area (Å²) >= 11 is 0. The molecular formula is C62H43N3. The standard InChI is InChI=1S/C62H43N3/c1-61(2)52-26-12-13-27-53(52)62(50-24-10-6-19-46(50)47-20-7-11-25-51(47)62)54-28-16-23-45(59(54)61)40-31-33-41(34-32-40)55-39-56(64-60(63-55)43-17-4-3-5-18-43)42-35-37-44(38-36-42)65-57-29-14-8-21-48(57)49-22-9-15-30-58(49)65/h3-39H,1-2H3. The molecule has 1 spiro atoms. The van der Waals surface area contributed by atoms with Crippen LogP contribution in [0.3, 0.4) is 0 Å². The van der Waals surface area contributed by atoms with Gasteiger partial charge in [-0.05, 0) is 86.0 Å². The summed E-state index contributed by atoms with van der Waals surface area (Å²) in [5.74, 6) is 0.702. The lowest BCUT2D eigenvalue weighted by Gasteiger charge is -2.47. The number of benzene rings is 9. The summed E-state index contributed by atoms with van der Waals surface area (Å²) in [4.78, 5) is 10.4. The molecule has 2 aromatic heterocycles. The maximum atomic E-state index is 5.22. The lowest BCUT2D eigenvalue weighted by Crippen LogP contribution is -2.41. The number of aromatic nitrogens is 3. The Morgan fingerprint density at radius 1 is 0.354 bits per heavy atom. The van der Waals surface area contributed by atoms with Crippen molar-refractivity contribution in [1.82, 2.24) is 14.5 Å². The van der Waals surface area contributed by atoms with Gasteiger partial charge in [0.15, 0.2) is 5.82 Å². The highest BCUT2D eigenvalue weighted by molar-refractivity contribution is 6.09. The predicted octanol–water partition coefficient (Wildman–Crippen LogP) is 15.2. The van der Waals surface area contributed by atoms with E-state index in [1.165, 1.54) is 77.4 Å². The number of rotatable bonds is 5. The first-order valence-electron chi connectivity index (χ1n) is 22.6. The van der Waals surface area contributed by atoms with Gasteiger partial charge in [-0.25, -0.2) is 9.97 Å². The zero-order chi connectivity index (χ0) is 43.3. The Labute approximate surface area is 379 Å². The molecule has 9 aromatic carbocycles. The van der Waals surface area contributed by atoms with Gasteiger partial charge in [0.05, 0.1) is 27.8 Å². The molecule has 0 N–H and O–H groups in total. The van der Waals surface area contributed by atoms with Gasteiger partial charge < -0.3 is 4.57 Å². The maximum Gasteiger partial charge on any atom is 0.160 e. The zero-order valence-electron chi connectivity index (χ0n) is 36.2. The molecule has 11 aromatic rings. The summed E-state index contributed by atoms with van der Waals surface area (Å²) in [6, 6.07) is 81.8. The minimum absolute atomic E-state index is 0.262. The third-order valence-corrected chi connectivity index (χ3v) is 14.3. The summed E-state index contributed by atoms with van der Waals surface area (Å²) in [5, 5.41) is 2.50. The fourth-order valence-corrected chi connectivity index (χ4v) is 11.5. The van der Waals surface area contributed by atoms with Crippen LogP contribution in [0.4, 0.5) is 0 Å². The van der Waals surface area contributed by atoms with Gasteiger partial charge in [-0.3, -0.25) is 0 Å². The second-order valence-electron chi connectivity index (χ2n) is 18.1. The fraction of sp³-hybridized carbons (Fsp3) is 0.0645. The molecule has 0 unspecified atom stereocenters. The van der Waals surface area contributed by atoms with Crippen LogP contribution in [0.1, 0.15) is 47.2 Å². The third kappa shape index (κ3) is 5.42. The maximum absolute atomic E-state index is 5.22. The molecule has 0 radical (unpaired) electrons. The Bertz CT molecular complexity index is 3570. The largest absolute Gasteiger partial charge is 0.309 e. The zero-order valence-corrected chi connectivity index (χ0v) is 36.2. The smallest absolute Gasteiger partial charge is 0.160 e. The summed E-state index contributed by atoms with van der Waals surface area (Å²) in [7, 11) is 0. The Morgan fingerprint density at radius 3 is 1.43 bits per heavy atom. The Hall–Kier alpha value is -8.14. The molecule has 0 amide bonds. The number of fused-ring (bicyclic) bond motifs is 12. The van der Waals surface area contributed by atoms with Gasteiger partial charge in [0.25, 0.3) is 0 Å². The minimum atomic E-state index is -0.433. The van der Waals surface area contributed by atoms with Crippen molar-refractivity contribution in [1.29, 1.82) is 0 Å². The number of hydrogen-bond acceptors (Lipinski definition) is 2. The summed E-state index contributed by atoms with van der Waals surface area (Å²) < 4.78 is 2.35. The molecule has 2 heterocycles. The van der Waals surface area contributed by atoms with Crippen LogP contribution in [0.2, 0.25) is 0 Å². The second-order valence-corrected chi connectivity index (χ2v) is 18.1. The molecule has 65 heavy (non-hydrogen) atoms. The Kier molecular flexibility index (Phi) is 8.17. The van der Waals surface area contributed by atoms with E-state index in [2.05, 4.69) is 225 Å². The van der Waals surface area contributed by atoms with Gasteiger partial charge >= 0.3 is 0 Å². The Morgan fingerprint density at radius 2 is 0.815 bits per heavy atom. The van der Waals surface area contributed by atoms with E-state index < -0.39 is 5.41 Å². The minimum Gasteiger partial charge on any atom is -0.309 e. The predicted molar refractivity (Wildman–Crippen MR) is 268 cm³/mol. The molecule has 0 bridgehead atoms. The topological polar surface area (TPSA) is 30.7 Å². The van der Waals surface area contributed by atoms with Crippen LogP contribution in [-0.4, -0.2) is 14.5 Å². The first-order valence-corrected chi connectivity index (χ1v) is 22.6. The van der Waals surface area contributed by atoms with E-state index in [4.69, 9.17) is 9.97 Å². The summed E-state index contributed by atoms with van der Waals surface area (Å²) in [5.41, 5.74) is 20.9. The van der Waals surface area contributed by atoms with Crippen LogP contribution in [-0.2, 0) is 10.8 Å². The van der Waals surface area contributed by atoms with Crippen molar-refractivity contribution >= 4 is 21.8 Å². The molecule has 2 aliphatic rings. The SMILES string of the molecule is CC1(C)c2ccccc2C2(c3ccccc3-c3ccccc32)c2cccc(-c3ccc(-c4cc(-c5ccc(-n6c7ccccc7c7ccccc76)cc5)nc(-c5ccccc5)n4)cc3)c21. The number of nitrogens with zero attached hydrogens (tertiary/aromatic N) is 3. The molecule has 0 atom stereocenters. The average Bonchev–Trinajstić information content (AvgIpc) is 3.87. The normalized spacial score (nSPS) is 13.9. The molecule has 3 nitrogen and oxygen atoms in total.